The number of hydrogen-bond acceptors (Lipinski definition) is 5. The highest BCUT2D eigenvalue weighted by molar-refractivity contribution is 8.01. The number of carbonyl (C=O) groups excluding carboxylic acids is 1. The van der Waals surface area contributed by atoms with Gasteiger partial charge in [-0.2, -0.15) is 0 Å². The van der Waals surface area contributed by atoms with Gasteiger partial charge in [0.2, 0.25) is 5.91 Å². The number of hydrogen-bond donors (Lipinski definition) is 1. The quantitative estimate of drug-likeness (QED) is 0.218. The van der Waals surface area contributed by atoms with Crippen LogP contribution in [-0.4, -0.2) is 22.9 Å². The van der Waals surface area contributed by atoms with E-state index in [0.717, 1.165) is 20.1 Å². The molecule has 162 valence electrons. The number of nitrogens with one attached hydrogen (secondary N) is 1. The third kappa shape index (κ3) is 5.48. The van der Waals surface area contributed by atoms with Gasteiger partial charge < -0.3 is 5.32 Å². The molecule has 1 aromatic heterocycles. The molecule has 0 saturated heterocycles. The van der Waals surface area contributed by atoms with Crippen LogP contribution in [0.1, 0.15) is 11.1 Å². The number of thioether (sulfide) groups is 1. The number of aryl methyl sites for hydroxylation is 1. The highest BCUT2D eigenvalue weighted by atomic mass is 35.5. The van der Waals surface area contributed by atoms with Gasteiger partial charge >= 0.3 is 0 Å². The van der Waals surface area contributed by atoms with E-state index in [0.29, 0.717) is 21.4 Å². The van der Waals surface area contributed by atoms with Crippen LogP contribution < -0.4 is 5.32 Å². The molecule has 0 aliphatic rings. The third-order valence-electron chi connectivity index (χ3n) is 4.48. The third-order valence-corrected chi connectivity index (χ3v) is 7.38. The molecule has 1 heterocycles. The summed E-state index contributed by atoms with van der Waals surface area (Å²) in [5, 5.41) is 3.75. The molecular weight excluding hydrogens is 488 g/mol. The monoisotopic (exact) mass is 503 g/mol. The Morgan fingerprint density at radius 1 is 1.19 bits per heavy atom. The number of benzene rings is 3. The van der Waals surface area contributed by atoms with Crippen molar-refractivity contribution in [2.75, 3.05) is 11.1 Å². The van der Waals surface area contributed by atoms with E-state index in [9.17, 15) is 9.18 Å². The van der Waals surface area contributed by atoms with Crippen molar-refractivity contribution in [2.45, 2.75) is 11.3 Å². The summed E-state index contributed by atoms with van der Waals surface area (Å²) >= 11 is 15.0. The van der Waals surface area contributed by atoms with Crippen molar-refractivity contribution in [3.8, 4) is 0 Å². The Kier molecular flexibility index (Phi) is 7.10. The summed E-state index contributed by atoms with van der Waals surface area (Å²) < 4.78 is 15.6. The lowest BCUT2D eigenvalue weighted by Gasteiger charge is -2.06. The summed E-state index contributed by atoms with van der Waals surface area (Å²) in [5.74, 6) is -0.339. The lowest BCUT2D eigenvalue weighted by atomic mass is 10.2. The molecule has 0 aliphatic heterocycles. The van der Waals surface area contributed by atoms with E-state index >= 15 is 0 Å². The van der Waals surface area contributed by atoms with Crippen molar-refractivity contribution in [1.29, 1.82) is 0 Å². The first kappa shape index (κ1) is 22.7. The first-order chi connectivity index (χ1) is 15.4. The summed E-state index contributed by atoms with van der Waals surface area (Å²) in [4.78, 5) is 21.2. The topological polar surface area (TPSA) is 54.4 Å². The highest BCUT2D eigenvalue weighted by Crippen LogP contribution is 2.32. The molecule has 4 nitrogen and oxygen atoms in total. The Hall–Kier alpha value is -2.45. The number of aromatic nitrogens is 1. The molecule has 32 heavy (non-hydrogen) atoms. The van der Waals surface area contributed by atoms with Crippen LogP contribution in [0.3, 0.4) is 0 Å². The number of thiazole rings is 1. The second-order valence-electron chi connectivity index (χ2n) is 6.83. The standard InChI is InChI=1S/C23H16Cl2FN3OS2/c1-13-5-6-15(9-18(13)25)28-22(30)12-31-23-29-20-8-7-14(10-21(20)32-23)27-11-16-17(24)3-2-4-19(16)26/h2-11H,12H2,1H3,(H,28,30). The van der Waals surface area contributed by atoms with Gasteiger partial charge in [0.1, 0.15) is 5.82 Å². The van der Waals surface area contributed by atoms with Gasteiger partial charge in [0, 0.05) is 22.5 Å². The van der Waals surface area contributed by atoms with Crippen LogP contribution in [0.15, 0.2) is 63.9 Å². The van der Waals surface area contributed by atoms with Crippen molar-refractivity contribution >= 4 is 80.0 Å². The zero-order chi connectivity index (χ0) is 22.7. The zero-order valence-electron chi connectivity index (χ0n) is 16.7. The maximum Gasteiger partial charge on any atom is 0.234 e. The summed E-state index contributed by atoms with van der Waals surface area (Å²) in [6.45, 7) is 1.91. The van der Waals surface area contributed by atoms with E-state index in [-0.39, 0.29) is 17.2 Å². The molecule has 1 N–H and O–H groups in total. The van der Waals surface area contributed by atoms with Crippen LogP contribution in [-0.2, 0) is 4.79 Å². The molecule has 0 spiro atoms. The first-order valence-electron chi connectivity index (χ1n) is 9.46. The molecule has 0 saturated carbocycles. The van der Waals surface area contributed by atoms with E-state index in [2.05, 4.69) is 15.3 Å². The van der Waals surface area contributed by atoms with Crippen LogP contribution in [0.25, 0.3) is 10.2 Å². The van der Waals surface area contributed by atoms with E-state index in [1.807, 2.05) is 31.2 Å². The summed E-state index contributed by atoms with van der Waals surface area (Å²) in [7, 11) is 0. The summed E-state index contributed by atoms with van der Waals surface area (Å²) in [6.07, 6.45) is 1.41. The molecule has 4 rings (SSSR count). The molecule has 0 atom stereocenters. The Morgan fingerprint density at radius 2 is 2.03 bits per heavy atom. The molecule has 0 fully saturated rings. The minimum atomic E-state index is -0.426. The second kappa shape index (κ2) is 10.0. The van der Waals surface area contributed by atoms with E-state index < -0.39 is 5.82 Å². The molecule has 9 heteroatoms. The van der Waals surface area contributed by atoms with Gasteiger partial charge in [-0.05, 0) is 55.0 Å². The van der Waals surface area contributed by atoms with Gasteiger partial charge in [-0.15, -0.1) is 11.3 Å². The smallest absolute Gasteiger partial charge is 0.234 e. The predicted molar refractivity (Wildman–Crippen MR) is 134 cm³/mol. The fraction of sp³-hybridized carbons (Fsp3) is 0.0870. The highest BCUT2D eigenvalue weighted by Gasteiger charge is 2.10. The summed E-state index contributed by atoms with van der Waals surface area (Å²) in [6, 6.07) is 15.4. The average Bonchev–Trinajstić information content (AvgIpc) is 3.17. The fourth-order valence-electron chi connectivity index (χ4n) is 2.80. The molecule has 0 unspecified atom stereocenters. The Labute approximate surface area is 202 Å². The van der Waals surface area contributed by atoms with Crippen LogP contribution in [0, 0.1) is 12.7 Å². The molecule has 0 aliphatic carbocycles. The number of nitrogens with zero attached hydrogens (tertiary/aromatic N) is 2. The largest absolute Gasteiger partial charge is 0.325 e. The lowest BCUT2D eigenvalue weighted by Crippen LogP contribution is -2.13. The minimum Gasteiger partial charge on any atom is -0.325 e. The van der Waals surface area contributed by atoms with Gasteiger partial charge in [0.05, 0.1) is 26.7 Å². The van der Waals surface area contributed by atoms with Crippen LogP contribution in [0.2, 0.25) is 10.0 Å². The maximum absolute atomic E-state index is 13.9. The molecular formula is C23H16Cl2FN3OS2. The molecule has 0 radical (unpaired) electrons. The second-order valence-corrected chi connectivity index (χ2v) is 9.89. The molecule has 3 aromatic carbocycles. The van der Waals surface area contributed by atoms with Gasteiger partial charge in [-0.1, -0.05) is 47.1 Å². The molecule has 0 bridgehead atoms. The molecule has 4 aromatic rings. The van der Waals surface area contributed by atoms with Crippen molar-refractivity contribution in [2.24, 2.45) is 4.99 Å². The average molecular weight is 504 g/mol. The number of carbonyl (C=O) groups is 1. The SMILES string of the molecule is Cc1ccc(NC(=O)CSc2nc3ccc(N=Cc4c(F)cccc4Cl)cc3s2)cc1Cl. The predicted octanol–water partition coefficient (Wildman–Crippen LogP) is 7.53. The number of anilines is 1. The van der Waals surface area contributed by atoms with Crippen LogP contribution >= 0.6 is 46.3 Å². The first-order valence-corrected chi connectivity index (χ1v) is 12.0. The Morgan fingerprint density at radius 3 is 2.81 bits per heavy atom. The number of aliphatic imine (C=N–C) groups is 1. The number of fused-ring (bicyclic) bond motifs is 1. The maximum atomic E-state index is 13.9. The Balaban J connectivity index is 1.42. The summed E-state index contributed by atoms with van der Waals surface area (Å²) in [5.41, 5.74) is 3.33. The van der Waals surface area contributed by atoms with Gasteiger partial charge in [0.25, 0.3) is 0 Å². The number of halogens is 3. The lowest BCUT2D eigenvalue weighted by molar-refractivity contribution is -0.113. The van der Waals surface area contributed by atoms with Crippen LogP contribution in [0.5, 0.6) is 0 Å². The van der Waals surface area contributed by atoms with Crippen molar-refractivity contribution in [3.63, 3.8) is 0 Å². The van der Waals surface area contributed by atoms with Gasteiger partial charge in [-0.3, -0.25) is 9.79 Å². The number of rotatable bonds is 6. The van der Waals surface area contributed by atoms with Crippen LogP contribution in [0.4, 0.5) is 15.8 Å². The number of amides is 1. The van der Waals surface area contributed by atoms with E-state index in [1.165, 1.54) is 35.4 Å². The normalized spacial score (nSPS) is 11.4. The van der Waals surface area contributed by atoms with E-state index in [1.54, 1.807) is 24.3 Å². The van der Waals surface area contributed by atoms with Crippen molar-refractivity contribution < 1.29 is 9.18 Å². The molecule has 1 amide bonds. The van der Waals surface area contributed by atoms with Gasteiger partial charge in [0.15, 0.2) is 4.34 Å². The minimum absolute atomic E-state index is 0.138. The Bertz CT molecular complexity index is 1320. The van der Waals surface area contributed by atoms with Crippen molar-refractivity contribution in [3.05, 3.63) is 81.6 Å². The fourth-order valence-corrected chi connectivity index (χ4v) is 5.10. The van der Waals surface area contributed by atoms with Crippen molar-refractivity contribution in [1.82, 2.24) is 4.98 Å². The zero-order valence-corrected chi connectivity index (χ0v) is 19.9. The van der Waals surface area contributed by atoms with E-state index in [4.69, 9.17) is 23.2 Å². The van der Waals surface area contributed by atoms with Gasteiger partial charge in [-0.25, -0.2) is 9.37 Å².